The smallest absolute Gasteiger partial charge is 0.291 e. The average molecular weight is 331 g/mol. The normalized spacial score (nSPS) is 20.6. The molecule has 126 valence electrons. The number of anilines is 1. The SMILES string of the molecule is CC(=O)NC[C@@H]1OC(c2ccc(N3CCOCC3=O)cc2)=NC1=O. The first-order chi connectivity index (χ1) is 11.5. The summed E-state index contributed by atoms with van der Waals surface area (Å²) in [6, 6.07) is 7.03. The summed E-state index contributed by atoms with van der Waals surface area (Å²) in [6.45, 7) is 2.54. The predicted molar refractivity (Wildman–Crippen MR) is 84.7 cm³/mol. The Morgan fingerprint density at radius 1 is 1.33 bits per heavy atom. The lowest BCUT2D eigenvalue weighted by Gasteiger charge is -2.26. The molecule has 1 saturated heterocycles. The second-order valence-electron chi connectivity index (χ2n) is 5.44. The molecule has 2 aliphatic rings. The Balaban J connectivity index is 1.68. The number of carbonyl (C=O) groups is 3. The number of nitrogens with zero attached hydrogens (tertiary/aromatic N) is 2. The number of morpholine rings is 1. The number of hydrogen-bond acceptors (Lipinski definition) is 5. The van der Waals surface area contributed by atoms with E-state index in [4.69, 9.17) is 9.47 Å². The summed E-state index contributed by atoms with van der Waals surface area (Å²) in [5.74, 6) is -0.533. The molecule has 0 aliphatic carbocycles. The number of nitrogens with one attached hydrogen (secondary N) is 1. The molecule has 8 nitrogen and oxygen atoms in total. The number of ether oxygens (including phenoxy) is 2. The van der Waals surface area contributed by atoms with E-state index in [9.17, 15) is 14.4 Å². The molecular formula is C16H17N3O5. The van der Waals surface area contributed by atoms with Gasteiger partial charge < -0.3 is 19.7 Å². The Morgan fingerprint density at radius 2 is 2.08 bits per heavy atom. The Morgan fingerprint density at radius 3 is 2.75 bits per heavy atom. The molecule has 1 aromatic rings. The Bertz CT molecular complexity index is 698. The minimum absolute atomic E-state index is 0.0803. The van der Waals surface area contributed by atoms with Gasteiger partial charge in [0.05, 0.1) is 13.2 Å². The molecule has 2 aliphatic heterocycles. The van der Waals surface area contributed by atoms with Crippen molar-refractivity contribution < 1.29 is 23.9 Å². The first-order valence-electron chi connectivity index (χ1n) is 7.57. The maximum absolute atomic E-state index is 11.8. The molecule has 24 heavy (non-hydrogen) atoms. The van der Waals surface area contributed by atoms with Gasteiger partial charge in [0.1, 0.15) is 6.61 Å². The maximum Gasteiger partial charge on any atom is 0.291 e. The van der Waals surface area contributed by atoms with Crippen molar-refractivity contribution in [3.05, 3.63) is 29.8 Å². The molecule has 0 bridgehead atoms. The van der Waals surface area contributed by atoms with Crippen molar-refractivity contribution in [2.45, 2.75) is 13.0 Å². The van der Waals surface area contributed by atoms with E-state index in [0.717, 1.165) is 5.69 Å². The summed E-state index contributed by atoms with van der Waals surface area (Å²) in [5.41, 5.74) is 1.39. The summed E-state index contributed by atoms with van der Waals surface area (Å²) in [5, 5.41) is 2.53. The van der Waals surface area contributed by atoms with Gasteiger partial charge in [0.15, 0.2) is 6.10 Å². The number of aliphatic imine (C=N–C) groups is 1. The van der Waals surface area contributed by atoms with E-state index in [1.54, 1.807) is 29.2 Å². The lowest BCUT2D eigenvalue weighted by molar-refractivity contribution is -0.126. The van der Waals surface area contributed by atoms with Crippen LogP contribution in [-0.2, 0) is 23.9 Å². The van der Waals surface area contributed by atoms with E-state index in [1.165, 1.54) is 6.92 Å². The highest BCUT2D eigenvalue weighted by Crippen LogP contribution is 2.20. The van der Waals surface area contributed by atoms with Crippen LogP contribution in [0.3, 0.4) is 0 Å². The third-order valence-corrected chi connectivity index (χ3v) is 3.69. The van der Waals surface area contributed by atoms with E-state index >= 15 is 0 Å². The number of rotatable bonds is 4. The van der Waals surface area contributed by atoms with Gasteiger partial charge in [-0.15, -0.1) is 0 Å². The van der Waals surface area contributed by atoms with Gasteiger partial charge in [-0.2, -0.15) is 4.99 Å². The first kappa shape index (κ1) is 16.1. The average Bonchev–Trinajstić information content (AvgIpc) is 2.94. The van der Waals surface area contributed by atoms with Crippen LogP contribution < -0.4 is 10.2 Å². The van der Waals surface area contributed by atoms with Gasteiger partial charge in [-0.25, -0.2) is 0 Å². The van der Waals surface area contributed by atoms with E-state index in [2.05, 4.69) is 10.3 Å². The van der Waals surface area contributed by atoms with Crippen LogP contribution in [0.4, 0.5) is 5.69 Å². The summed E-state index contributed by atoms with van der Waals surface area (Å²) in [6.07, 6.45) is -0.801. The van der Waals surface area contributed by atoms with Crippen molar-refractivity contribution in [3.63, 3.8) is 0 Å². The van der Waals surface area contributed by atoms with Crippen LogP contribution in [0, 0.1) is 0 Å². The third kappa shape index (κ3) is 3.43. The highest BCUT2D eigenvalue weighted by atomic mass is 16.5. The molecule has 1 aromatic carbocycles. The number of benzene rings is 1. The minimum atomic E-state index is -0.801. The molecule has 2 heterocycles. The van der Waals surface area contributed by atoms with Crippen LogP contribution in [0.2, 0.25) is 0 Å². The fourth-order valence-corrected chi connectivity index (χ4v) is 2.46. The van der Waals surface area contributed by atoms with Crippen molar-refractivity contribution in [2.75, 3.05) is 31.2 Å². The lowest BCUT2D eigenvalue weighted by atomic mass is 10.2. The highest BCUT2D eigenvalue weighted by molar-refractivity contribution is 6.07. The molecule has 0 saturated carbocycles. The molecule has 3 rings (SSSR count). The standard InChI is InChI=1S/C16H17N3O5/c1-10(20)17-8-13-15(22)18-16(24-13)11-2-4-12(5-3-11)19-6-7-23-9-14(19)21/h2-5,13H,6-9H2,1H3,(H,17,20)/t13-/m0/s1. The van der Waals surface area contributed by atoms with Gasteiger partial charge in [0.25, 0.3) is 11.8 Å². The van der Waals surface area contributed by atoms with Gasteiger partial charge in [0, 0.05) is 24.7 Å². The minimum Gasteiger partial charge on any atom is -0.462 e. The summed E-state index contributed by atoms with van der Waals surface area (Å²) in [7, 11) is 0. The largest absolute Gasteiger partial charge is 0.462 e. The molecular weight excluding hydrogens is 314 g/mol. The lowest BCUT2D eigenvalue weighted by Crippen LogP contribution is -2.41. The van der Waals surface area contributed by atoms with E-state index in [1.807, 2.05) is 0 Å². The zero-order valence-electron chi connectivity index (χ0n) is 13.2. The van der Waals surface area contributed by atoms with Crippen molar-refractivity contribution in [1.29, 1.82) is 0 Å². The van der Waals surface area contributed by atoms with Crippen LogP contribution in [0.15, 0.2) is 29.3 Å². The molecule has 3 amide bonds. The molecule has 0 aromatic heterocycles. The fraction of sp³-hybridized carbons (Fsp3) is 0.375. The molecule has 0 spiro atoms. The van der Waals surface area contributed by atoms with Gasteiger partial charge in [-0.1, -0.05) is 0 Å². The van der Waals surface area contributed by atoms with Gasteiger partial charge >= 0.3 is 0 Å². The van der Waals surface area contributed by atoms with E-state index < -0.39 is 12.0 Å². The summed E-state index contributed by atoms with van der Waals surface area (Å²) >= 11 is 0. The molecule has 1 N–H and O–H groups in total. The second-order valence-corrected chi connectivity index (χ2v) is 5.44. The summed E-state index contributed by atoms with van der Waals surface area (Å²) in [4.78, 5) is 40.1. The maximum atomic E-state index is 11.8. The molecule has 1 atom stereocenters. The zero-order valence-corrected chi connectivity index (χ0v) is 13.2. The van der Waals surface area contributed by atoms with Gasteiger partial charge in [-0.3, -0.25) is 14.4 Å². The van der Waals surface area contributed by atoms with Gasteiger partial charge in [0.2, 0.25) is 11.8 Å². The number of carbonyl (C=O) groups excluding carboxylic acids is 3. The van der Waals surface area contributed by atoms with Crippen molar-refractivity contribution in [1.82, 2.24) is 5.32 Å². The fourth-order valence-electron chi connectivity index (χ4n) is 2.46. The predicted octanol–water partition coefficient (Wildman–Crippen LogP) is -0.142. The first-order valence-corrected chi connectivity index (χ1v) is 7.57. The van der Waals surface area contributed by atoms with Gasteiger partial charge in [-0.05, 0) is 24.3 Å². The Hall–Kier alpha value is -2.74. The van der Waals surface area contributed by atoms with Crippen LogP contribution in [0.1, 0.15) is 12.5 Å². The third-order valence-electron chi connectivity index (χ3n) is 3.69. The van der Waals surface area contributed by atoms with Crippen LogP contribution >= 0.6 is 0 Å². The number of hydrogen-bond donors (Lipinski definition) is 1. The molecule has 8 heteroatoms. The quantitative estimate of drug-likeness (QED) is 0.828. The highest BCUT2D eigenvalue weighted by Gasteiger charge is 2.30. The Kier molecular flexibility index (Phi) is 4.57. The summed E-state index contributed by atoms with van der Waals surface area (Å²) < 4.78 is 10.6. The molecule has 0 radical (unpaired) electrons. The second kappa shape index (κ2) is 6.79. The van der Waals surface area contributed by atoms with Crippen LogP contribution in [0.5, 0.6) is 0 Å². The Labute approximate surface area is 138 Å². The van der Waals surface area contributed by atoms with Crippen molar-refractivity contribution in [3.8, 4) is 0 Å². The van der Waals surface area contributed by atoms with Crippen LogP contribution in [-0.4, -0.2) is 56.0 Å². The van der Waals surface area contributed by atoms with E-state index in [0.29, 0.717) is 18.7 Å². The zero-order chi connectivity index (χ0) is 17.1. The van der Waals surface area contributed by atoms with E-state index in [-0.39, 0.29) is 30.9 Å². The topological polar surface area (TPSA) is 97.3 Å². The monoisotopic (exact) mass is 331 g/mol. The van der Waals surface area contributed by atoms with Crippen molar-refractivity contribution in [2.24, 2.45) is 4.99 Å². The van der Waals surface area contributed by atoms with Crippen molar-refractivity contribution >= 4 is 29.3 Å². The number of amides is 3. The molecule has 0 unspecified atom stereocenters. The van der Waals surface area contributed by atoms with Crippen LogP contribution in [0.25, 0.3) is 0 Å². The molecule has 1 fully saturated rings.